The van der Waals surface area contributed by atoms with Gasteiger partial charge < -0.3 is 9.47 Å². The normalized spacial score (nSPS) is 12.6. The van der Waals surface area contributed by atoms with Crippen LogP contribution in [0.5, 0.6) is 0 Å². The molecule has 0 bridgehead atoms. The van der Waals surface area contributed by atoms with Crippen LogP contribution in [0.4, 0.5) is 17.1 Å². The van der Waals surface area contributed by atoms with Gasteiger partial charge in [-0.2, -0.15) is 0 Å². The van der Waals surface area contributed by atoms with Crippen LogP contribution in [0.2, 0.25) is 0 Å². The molecule has 0 radical (unpaired) electrons. The molecular weight excluding hydrogens is 629 g/mol. The SMILES string of the molecule is C=Cc1ccc(-c2ccc3c(c2)c2cc(-c4ccc(-c5ccc(N(c6ccccc6)c6ccccc6)cc5)cc4)ccc2n3C2=CC=CCC2)cc1. The Morgan fingerprint density at radius 3 is 1.40 bits per heavy atom. The van der Waals surface area contributed by atoms with E-state index in [-0.39, 0.29) is 0 Å². The molecule has 0 amide bonds. The van der Waals surface area contributed by atoms with Gasteiger partial charge in [0.15, 0.2) is 0 Å². The number of para-hydroxylation sites is 2. The first kappa shape index (κ1) is 31.3. The van der Waals surface area contributed by atoms with Gasteiger partial charge in [-0.15, -0.1) is 0 Å². The lowest BCUT2D eigenvalue weighted by atomic mass is 9.98. The summed E-state index contributed by atoms with van der Waals surface area (Å²) in [5, 5.41) is 2.54. The van der Waals surface area contributed by atoms with E-state index in [2.05, 4.69) is 204 Å². The van der Waals surface area contributed by atoms with E-state index in [0.717, 1.165) is 35.5 Å². The molecule has 0 atom stereocenters. The number of fused-ring (bicyclic) bond motifs is 3. The van der Waals surface area contributed by atoms with Crippen LogP contribution in [0.3, 0.4) is 0 Å². The summed E-state index contributed by atoms with van der Waals surface area (Å²) in [5.74, 6) is 0. The van der Waals surface area contributed by atoms with Crippen molar-refractivity contribution in [3.05, 3.63) is 200 Å². The second-order valence-corrected chi connectivity index (χ2v) is 13.4. The number of nitrogens with zero attached hydrogens (tertiary/aromatic N) is 2. The van der Waals surface area contributed by atoms with E-state index >= 15 is 0 Å². The van der Waals surface area contributed by atoms with Crippen LogP contribution in [0.25, 0.3) is 67.0 Å². The fourth-order valence-corrected chi connectivity index (χ4v) is 7.54. The van der Waals surface area contributed by atoms with Crippen LogP contribution in [0, 0.1) is 0 Å². The molecule has 0 saturated carbocycles. The highest BCUT2D eigenvalue weighted by molar-refractivity contribution is 6.12. The first-order valence-corrected chi connectivity index (χ1v) is 18.0. The lowest BCUT2D eigenvalue weighted by molar-refractivity contribution is 0.979. The van der Waals surface area contributed by atoms with Crippen LogP contribution < -0.4 is 4.90 Å². The minimum absolute atomic E-state index is 1.03. The van der Waals surface area contributed by atoms with Crippen LogP contribution in [0.1, 0.15) is 18.4 Å². The summed E-state index contributed by atoms with van der Waals surface area (Å²) in [6.45, 7) is 3.92. The van der Waals surface area contributed by atoms with Crippen LogP contribution >= 0.6 is 0 Å². The van der Waals surface area contributed by atoms with Crippen LogP contribution in [-0.2, 0) is 0 Å². The topological polar surface area (TPSA) is 8.17 Å². The zero-order valence-corrected chi connectivity index (χ0v) is 29.0. The zero-order valence-electron chi connectivity index (χ0n) is 29.0. The molecule has 2 nitrogen and oxygen atoms in total. The molecule has 7 aromatic carbocycles. The number of anilines is 3. The van der Waals surface area contributed by atoms with Gasteiger partial charge in [-0.1, -0.05) is 134 Å². The average molecular weight is 667 g/mol. The van der Waals surface area contributed by atoms with Crippen LogP contribution in [-0.4, -0.2) is 4.57 Å². The van der Waals surface area contributed by atoms with Crippen molar-refractivity contribution in [1.82, 2.24) is 4.57 Å². The average Bonchev–Trinajstić information content (AvgIpc) is 3.55. The predicted molar refractivity (Wildman–Crippen MR) is 223 cm³/mol. The van der Waals surface area contributed by atoms with Gasteiger partial charge >= 0.3 is 0 Å². The summed E-state index contributed by atoms with van der Waals surface area (Å²) in [7, 11) is 0. The maximum Gasteiger partial charge on any atom is 0.0538 e. The van der Waals surface area contributed by atoms with Crippen molar-refractivity contribution in [3.8, 4) is 33.4 Å². The molecule has 0 spiro atoms. The summed E-state index contributed by atoms with van der Waals surface area (Å²) in [6.07, 6.45) is 10.7. The summed E-state index contributed by atoms with van der Waals surface area (Å²) < 4.78 is 2.46. The summed E-state index contributed by atoms with van der Waals surface area (Å²) >= 11 is 0. The Hall–Kier alpha value is -6.64. The van der Waals surface area contributed by atoms with E-state index in [1.807, 2.05) is 6.08 Å². The predicted octanol–water partition coefficient (Wildman–Crippen LogP) is 14.1. The molecule has 0 saturated heterocycles. The maximum absolute atomic E-state index is 3.92. The van der Waals surface area contributed by atoms with Crippen molar-refractivity contribution in [1.29, 1.82) is 0 Å². The number of benzene rings is 7. The smallest absolute Gasteiger partial charge is 0.0538 e. The fraction of sp³-hybridized carbons (Fsp3) is 0.0400. The molecule has 0 N–H and O–H groups in total. The molecule has 1 aliphatic rings. The van der Waals surface area contributed by atoms with Gasteiger partial charge in [-0.05, 0) is 119 Å². The Kier molecular flexibility index (Phi) is 8.19. The monoisotopic (exact) mass is 666 g/mol. The Labute approximate surface area is 305 Å². The van der Waals surface area contributed by atoms with E-state index in [1.54, 1.807) is 0 Å². The van der Waals surface area contributed by atoms with Crippen molar-refractivity contribution in [2.75, 3.05) is 4.90 Å². The first-order valence-electron chi connectivity index (χ1n) is 18.0. The number of rotatable bonds is 8. The van der Waals surface area contributed by atoms with E-state index in [1.165, 1.54) is 60.9 Å². The third-order valence-corrected chi connectivity index (χ3v) is 10.2. The first-order chi connectivity index (χ1) is 25.7. The molecule has 0 fully saturated rings. The van der Waals surface area contributed by atoms with Gasteiger partial charge in [-0.3, -0.25) is 0 Å². The summed E-state index contributed by atoms with van der Waals surface area (Å²) in [5.41, 5.74) is 15.6. The highest BCUT2D eigenvalue weighted by atomic mass is 15.1. The molecule has 0 aliphatic heterocycles. The van der Waals surface area contributed by atoms with Crippen molar-refractivity contribution in [2.45, 2.75) is 12.8 Å². The van der Waals surface area contributed by atoms with Crippen molar-refractivity contribution in [3.63, 3.8) is 0 Å². The standard InChI is InChI=1S/C50H38N2/c1-2-36-18-20-39(21-19-36)41-28-32-49-47(34-41)48-35-42(29-33-50(48)52(49)45-16-10-5-11-17-45)40-24-22-37(23-25-40)38-26-30-46(31-27-38)51(43-12-6-3-7-13-43)44-14-8-4-9-15-44/h2-10,12-16,18-35H,1,11,17H2. The maximum atomic E-state index is 3.92. The fourth-order valence-electron chi connectivity index (χ4n) is 7.54. The third-order valence-electron chi connectivity index (χ3n) is 10.2. The minimum atomic E-state index is 1.03. The van der Waals surface area contributed by atoms with Crippen LogP contribution in [0.15, 0.2) is 195 Å². The van der Waals surface area contributed by atoms with E-state index in [0.29, 0.717) is 0 Å². The lowest BCUT2D eigenvalue weighted by Crippen LogP contribution is -2.09. The second kappa shape index (κ2) is 13.6. The lowest BCUT2D eigenvalue weighted by Gasteiger charge is -2.25. The highest BCUT2D eigenvalue weighted by Crippen LogP contribution is 2.39. The molecule has 9 rings (SSSR count). The summed E-state index contributed by atoms with van der Waals surface area (Å²) in [4.78, 5) is 2.29. The molecule has 52 heavy (non-hydrogen) atoms. The molecule has 248 valence electrons. The molecule has 1 heterocycles. The van der Waals surface area contributed by atoms with Crippen molar-refractivity contribution in [2.24, 2.45) is 0 Å². The van der Waals surface area contributed by atoms with Gasteiger partial charge in [0, 0.05) is 33.5 Å². The summed E-state index contributed by atoms with van der Waals surface area (Å²) in [6, 6.07) is 61.5. The Morgan fingerprint density at radius 2 is 0.923 bits per heavy atom. The Morgan fingerprint density at radius 1 is 0.481 bits per heavy atom. The zero-order chi connectivity index (χ0) is 34.9. The van der Waals surface area contributed by atoms with E-state index in [9.17, 15) is 0 Å². The Balaban J connectivity index is 1.06. The molecule has 1 aliphatic carbocycles. The van der Waals surface area contributed by atoms with Crippen molar-refractivity contribution < 1.29 is 0 Å². The quantitative estimate of drug-likeness (QED) is 0.157. The number of hydrogen-bond donors (Lipinski definition) is 0. The molecule has 2 heteroatoms. The van der Waals surface area contributed by atoms with E-state index in [4.69, 9.17) is 0 Å². The van der Waals surface area contributed by atoms with Gasteiger partial charge in [-0.25, -0.2) is 0 Å². The molecular formula is C50H38N2. The molecule has 0 unspecified atom stereocenters. The highest BCUT2D eigenvalue weighted by Gasteiger charge is 2.17. The van der Waals surface area contributed by atoms with Gasteiger partial charge in [0.1, 0.15) is 0 Å². The van der Waals surface area contributed by atoms with E-state index < -0.39 is 0 Å². The molecule has 8 aromatic rings. The molecule has 1 aromatic heterocycles. The van der Waals surface area contributed by atoms with Gasteiger partial charge in [0.05, 0.1) is 11.0 Å². The van der Waals surface area contributed by atoms with Crippen molar-refractivity contribution >= 4 is 50.6 Å². The second-order valence-electron chi connectivity index (χ2n) is 13.4. The number of hydrogen-bond acceptors (Lipinski definition) is 1. The number of aromatic nitrogens is 1. The minimum Gasteiger partial charge on any atom is -0.313 e. The van der Waals surface area contributed by atoms with Gasteiger partial charge in [0.2, 0.25) is 0 Å². The third kappa shape index (κ3) is 5.85. The largest absolute Gasteiger partial charge is 0.313 e. The number of allylic oxidation sites excluding steroid dienone is 4. The Bertz CT molecular complexity index is 2550. The van der Waals surface area contributed by atoms with Gasteiger partial charge in [0.25, 0.3) is 0 Å².